The van der Waals surface area contributed by atoms with E-state index in [2.05, 4.69) is 12.6 Å². The highest BCUT2D eigenvalue weighted by molar-refractivity contribution is 7.99. The molecule has 0 saturated carbocycles. The molecule has 2 aromatic rings. The Hall–Kier alpha value is -1.34. The first kappa shape index (κ1) is 17.0. The second-order valence-corrected chi connectivity index (χ2v) is 5.96. The molecule has 2 N–H and O–H groups in total. The van der Waals surface area contributed by atoms with Gasteiger partial charge in [0.05, 0.1) is 18.1 Å². The number of benzene rings is 2. The van der Waals surface area contributed by atoms with Crippen molar-refractivity contribution in [2.75, 3.05) is 26.4 Å². The van der Waals surface area contributed by atoms with Crippen LogP contribution in [0.3, 0.4) is 0 Å². The minimum atomic E-state index is -0.0766. The molecular weight excluding hydrogens is 320 g/mol. The van der Waals surface area contributed by atoms with Crippen LogP contribution in [-0.4, -0.2) is 36.6 Å². The SMILES string of the molecule is OCCOc1cccc(Sc2ccc(S)cc2)c1OCCO. The molecule has 2 rings (SSSR count). The number of aliphatic hydroxyl groups is 2. The summed E-state index contributed by atoms with van der Waals surface area (Å²) in [5, 5.41) is 17.9. The van der Waals surface area contributed by atoms with Gasteiger partial charge in [-0.15, -0.1) is 12.6 Å². The molecule has 22 heavy (non-hydrogen) atoms. The summed E-state index contributed by atoms with van der Waals surface area (Å²) < 4.78 is 11.1. The van der Waals surface area contributed by atoms with Crippen LogP contribution in [0, 0.1) is 0 Å². The zero-order valence-electron chi connectivity index (χ0n) is 11.9. The molecule has 0 aliphatic carbocycles. The summed E-state index contributed by atoms with van der Waals surface area (Å²) >= 11 is 5.81. The molecule has 0 heterocycles. The number of ether oxygens (including phenoxy) is 2. The molecule has 0 unspecified atom stereocenters. The van der Waals surface area contributed by atoms with E-state index in [4.69, 9.17) is 19.7 Å². The standard InChI is InChI=1S/C16H18O4S2/c17-8-10-19-14-2-1-3-15(16(14)20-11-9-18)22-13-6-4-12(21)5-7-13/h1-7,17-18,21H,8-11H2. The zero-order chi connectivity index (χ0) is 15.8. The molecule has 0 amide bonds. The quantitative estimate of drug-likeness (QED) is 0.646. The lowest BCUT2D eigenvalue weighted by atomic mass is 10.3. The van der Waals surface area contributed by atoms with Gasteiger partial charge in [0.1, 0.15) is 13.2 Å². The van der Waals surface area contributed by atoms with Crippen LogP contribution in [0.25, 0.3) is 0 Å². The van der Waals surface area contributed by atoms with Gasteiger partial charge in [0.25, 0.3) is 0 Å². The summed E-state index contributed by atoms with van der Waals surface area (Å²) in [6.45, 7) is 0.230. The van der Waals surface area contributed by atoms with Gasteiger partial charge < -0.3 is 19.7 Å². The normalized spacial score (nSPS) is 10.5. The highest BCUT2D eigenvalue weighted by Gasteiger charge is 2.12. The first-order valence-corrected chi connectivity index (χ1v) is 8.08. The van der Waals surface area contributed by atoms with E-state index in [9.17, 15) is 0 Å². The molecule has 0 bridgehead atoms. The molecule has 0 aliphatic heterocycles. The van der Waals surface area contributed by atoms with Crippen LogP contribution < -0.4 is 9.47 Å². The predicted octanol–water partition coefficient (Wildman–Crippen LogP) is 2.87. The molecule has 6 heteroatoms. The fourth-order valence-electron chi connectivity index (χ4n) is 1.78. The minimum Gasteiger partial charge on any atom is -0.487 e. The van der Waals surface area contributed by atoms with Gasteiger partial charge in [-0.3, -0.25) is 0 Å². The second-order valence-electron chi connectivity index (χ2n) is 4.32. The van der Waals surface area contributed by atoms with Gasteiger partial charge in [-0.05, 0) is 36.4 Å². The fourth-order valence-corrected chi connectivity index (χ4v) is 2.85. The van der Waals surface area contributed by atoms with E-state index in [0.717, 1.165) is 14.7 Å². The topological polar surface area (TPSA) is 58.9 Å². The van der Waals surface area contributed by atoms with Gasteiger partial charge in [0.2, 0.25) is 0 Å². The van der Waals surface area contributed by atoms with E-state index >= 15 is 0 Å². The Morgan fingerprint density at radius 3 is 2.27 bits per heavy atom. The molecule has 4 nitrogen and oxygen atoms in total. The number of para-hydroxylation sites is 1. The van der Waals surface area contributed by atoms with Gasteiger partial charge in [0.15, 0.2) is 11.5 Å². The number of aliphatic hydroxyl groups excluding tert-OH is 2. The molecule has 0 saturated heterocycles. The summed E-state index contributed by atoms with van der Waals surface area (Å²) in [5.41, 5.74) is 0. The van der Waals surface area contributed by atoms with Crippen LogP contribution in [0.2, 0.25) is 0 Å². The zero-order valence-corrected chi connectivity index (χ0v) is 13.6. The van der Waals surface area contributed by atoms with Crippen molar-refractivity contribution in [3.63, 3.8) is 0 Å². The van der Waals surface area contributed by atoms with Crippen molar-refractivity contribution in [3.05, 3.63) is 42.5 Å². The van der Waals surface area contributed by atoms with E-state index in [1.165, 1.54) is 11.8 Å². The number of thiol groups is 1. The smallest absolute Gasteiger partial charge is 0.175 e. The number of hydrogen-bond donors (Lipinski definition) is 3. The molecule has 0 radical (unpaired) electrons. The van der Waals surface area contributed by atoms with Crippen molar-refractivity contribution in [1.29, 1.82) is 0 Å². The van der Waals surface area contributed by atoms with Crippen LogP contribution >= 0.6 is 24.4 Å². The van der Waals surface area contributed by atoms with Crippen LogP contribution in [0.1, 0.15) is 0 Å². The van der Waals surface area contributed by atoms with E-state index in [1.807, 2.05) is 36.4 Å². The first-order valence-electron chi connectivity index (χ1n) is 6.82. The molecule has 118 valence electrons. The summed E-state index contributed by atoms with van der Waals surface area (Å²) in [6.07, 6.45) is 0. The molecule has 2 aromatic carbocycles. The minimum absolute atomic E-state index is 0.0692. The Bertz CT molecular complexity index is 587. The molecular formula is C16H18O4S2. The third-order valence-electron chi connectivity index (χ3n) is 2.69. The first-order chi connectivity index (χ1) is 10.7. The van der Waals surface area contributed by atoms with Gasteiger partial charge >= 0.3 is 0 Å². The maximum Gasteiger partial charge on any atom is 0.175 e. The van der Waals surface area contributed by atoms with Crippen molar-refractivity contribution in [2.45, 2.75) is 14.7 Å². The highest BCUT2D eigenvalue weighted by atomic mass is 32.2. The lowest BCUT2D eigenvalue weighted by Gasteiger charge is -2.15. The largest absolute Gasteiger partial charge is 0.487 e. The third kappa shape index (κ3) is 4.84. The summed E-state index contributed by atoms with van der Waals surface area (Å²) in [4.78, 5) is 2.84. The monoisotopic (exact) mass is 338 g/mol. The van der Waals surface area contributed by atoms with Crippen LogP contribution in [0.5, 0.6) is 11.5 Å². The van der Waals surface area contributed by atoms with Crippen molar-refractivity contribution in [2.24, 2.45) is 0 Å². The van der Waals surface area contributed by atoms with Crippen LogP contribution in [0.15, 0.2) is 57.2 Å². The molecule has 0 atom stereocenters. The van der Waals surface area contributed by atoms with E-state index in [0.29, 0.717) is 11.5 Å². The van der Waals surface area contributed by atoms with Crippen molar-refractivity contribution in [1.82, 2.24) is 0 Å². The molecule has 0 aromatic heterocycles. The van der Waals surface area contributed by atoms with Gasteiger partial charge in [-0.1, -0.05) is 17.8 Å². The average Bonchev–Trinajstić information content (AvgIpc) is 2.54. The van der Waals surface area contributed by atoms with Gasteiger partial charge in [-0.2, -0.15) is 0 Å². The fraction of sp³-hybridized carbons (Fsp3) is 0.250. The summed E-state index contributed by atoms with van der Waals surface area (Å²) in [5.74, 6) is 1.13. The Balaban J connectivity index is 2.25. The molecule has 0 aliphatic rings. The van der Waals surface area contributed by atoms with Crippen LogP contribution in [-0.2, 0) is 0 Å². The number of rotatable bonds is 8. The lowest BCUT2D eigenvalue weighted by molar-refractivity contribution is 0.176. The van der Waals surface area contributed by atoms with E-state index < -0.39 is 0 Å². The summed E-state index contributed by atoms with van der Waals surface area (Å²) in [6, 6.07) is 13.4. The third-order valence-corrected chi connectivity index (χ3v) is 4.04. The maximum atomic E-state index is 8.98. The van der Waals surface area contributed by atoms with Crippen molar-refractivity contribution >= 4 is 24.4 Å². The highest BCUT2D eigenvalue weighted by Crippen LogP contribution is 2.41. The molecule has 0 spiro atoms. The lowest BCUT2D eigenvalue weighted by Crippen LogP contribution is -2.07. The summed E-state index contributed by atoms with van der Waals surface area (Å²) in [7, 11) is 0. The van der Waals surface area contributed by atoms with E-state index in [1.54, 1.807) is 6.07 Å². The average molecular weight is 338 g/mol. The Labute approximate surface area is 139 Å². The Morgan fingerprint density at radius 1 is 0.909 bits per heavy atom. The molecule has 0 fully saturated rings. The Morgan fingerprint density at radius 2 is 1.59 bits per heavy atom. The Kier molecular flexibility index (Phi) is 6.92. The van der Waals surface area contributed by atoms with Crippen LogP contribution in [0.4, 0.5) is 0 Å². The maximum absolute atomic E-state index is 8.98. The van der Waals surface area contributed by atoms with E-state index in [-0.39, 0.29) is 26.4 Å². The van der Waals surface area contributed by atoms with Crippen molar-refractivity contribution in [3.8, 4) is 11.5 Å². The van der Waals surface area contributed by atoms with Gasteiger partial charge in [-0.25, -0.2) is 0 Å². The van der Waals surface area contributed by atoms with Crippen molar-refractivity contribution < 1.29 is 19.7 Å². The number of hydrogen-bond acceptors (Lipinski definition) is 6. The second kappa shape index (κ2) is 8.95. The van der Waals surface area contributed by atoms with Gasteiger partial charge in [0, 0.05) is 9.79 Å². The predicted molar refractivity (Wildman–Crippen MR) is 89.4 cm³/mol.